The molecule has 1 aromatic carbocycles. The lowest BCUT2D eigenvalue weighted by Crippen LogP contribution is -2.57. The molecule has 0 spiro atoms. The molecule has 39 heavy (non-hydrogen) atoms. The van der Waals surface area contributed by atoms with Crippen molar-refractivity contribution in [2.45, 2.75) is 43.2 Å². The Hall–Kier alpha value is -3.53. The fraction of sp³-hybridized carbons (Fsp3) is 0.379. The molecule has 9 nitrogen and oxygen atoms in total. The number of hydrogen-bond acceptors (Lipinski definition) is 7. The molecule has 3 N–H and O–H groups in total. The van der Waals surface area contributed by atoms with E-state index in [0.29, 0.717) is 42.2 Å². The van der Waals surface area contributed by atoms with Crippen LogP contribution in [0.5, 0.6) is 0 Å². The molecule has 1 amide bonds. The number of benzene rings is 1. The number of aliphatic hydroxyl groups is 1. The average molecular weight is 544 g/mol. The van der Waals surface area contributed by atoms with Crippen molar-refractivity contribution < 1.29 is 9.90 Å². The number of likely N-dealkylation sites (N-methyl/N-ethyl adjacent to an activating group) is 1. The van der Waals surface area contributed by atoms with Gasteiger partial charge < -0.3 is 20.1 Å². The molecule has 3 aliphatic rings. The Morgan fingerprint density at radius 3 is 2.72 bits per heavy atom. The zero-order valence-corrected chi connectivity index (χ0v) is 22.4. The first-order chi connectivity index (χ1) is 18.8. The van der Waals surface area contributed by atoms with Gasteiger partial charge in [0.1, 0.15) is 29.2 Å². The van der Waals surface area contributed by atoms with E-state index in [1.54, 1.807) is 6.07 Å². The number of likely N-dealkylation sites (tertiary alicyclic amines) is 1. The maximum Gasteiger partial charge on any atom is 0.229 e. The molecule has 4 aromatic rings. The lowest BCUT2D eigenvalue weighted by atomic mass is 9.86. The number of halogens is 1. The van der Waals surface area contributed by atoms with Crippen LogP contribution in [0.4, 0.5) is 11.6 Å². The van der Waals surface area contributed by atoms with E-state index >= 15 is 0 Å². The molecule has 0 bridgehead atoms. The average Bonchev–Trinajstić information content (AvgIpc) is 3.82. The summed E-state index contributed by atoms with van der Waals surface area (Å²) in [7, 11) is 2.01. The second kappa shape index (κ2) is 9.29. The molecule has 0 radical (unpaired) electrons. The van der Waals surface area contributed by atoms with Gasteiger partial charge in [0.05, 0.1) is 12.2 Å². The van der Waals surface area contributed by atoms with Crippen molar-refractivity contribution in [1.29, 1.82) is 0 Å². The fourth-order valence-corrected chi connectivity index (χ4v) is 5.97. The molecule has 1 aliphatic heterocycles. The normalized spacial score (nSPS) is 21.9. The number of pyridine rings is 1. The van der Waals surface area contributed by atoms with Gasteiger partial charge in [0.15, 0.2) is 0 Å². The lowest BCUT2D eigenvalue weighted by Gasteiger charge is -2.44. The summed E-state index contributed by atoms with van der Waals surface area (Å²) < 4.78 is 2.05. The van der Waals surface area contributed by atoms with Gasteiger partial charge >= 0.3 is 0 Å². The maximum absolute atomic E-state index is 12.8. The van der Waals surface area contributed by atoms with Crippen molar-refractivity contribution in [2.24, 2.45) is 5.92 Å². The maximum atomic E-state index is 12.8. The molecule has 0 unspecified atom stereocenters. The molecule has 2 aliphatic carbocycles. The Balaban J connectivity index is 1.04. The van der Waals surface area contributed by atoms with Crippen LogP contribution in [0.1, 0.15) is 53.5 Å². The van der Waals surface area contributed by atoms with Crippen LogP contribution < -0.4 is 10.6 Å². The van der Waals surface area contributed by atoms with E-state index in [2.05, 4.69) is 37.8 Å². The van der Waals surface area contributed by atoms with Crippen LogP contribution in [0.2, 0.25) is 5.02 Å². The van der Waals surface area contributed by atoms with Gasteiger partial charge in [-0.2, -0.15) is 0 Å². The predicted molar refractivity (Wildman–Crippen MR) is 149 cm³/mol. The van der Waals surface area contributed by atoms with Crippen LogP contribution in [-0.4, -0.2) is 55.4 Å². The third kappa shape index (κ3) is 4.86. The van der Waals surface area contributed by atoms with Crippen LogP contribution in [0.15, 0.2) is 55.1 Å². The van der Waals surface area contributed by atoms with E-state index in [9.17, 15) is 9.90 Å². The largest absolute Gasteiger partial charge is 0.382 e. The van der Waals surface area contributed by atoms with Crippen LogP contribution in [0.3, 0.4) is 0 Å². The fourth-order valence-electron chi connectivity index (χ4n) is 5.77. The molecular weight excluding hydrogens is 514 g/mol. The zero-order valence-electron chi connectivity index (χ0n) is 21.6. The van der Waals surface area contributed by atoms with Crippen molar-refractivity contribution in [3.05, 3.63) is 82.5 Å². The van der Waals surface area contributed by atoms with Gasteiger partial charge in [-0.05, 0) is 67.5 Å². The second-order valence-corrected chi connectivity index (χ2v) is 11.7. The zero-order chi connectivity index (χ0) is 26.7. The number of imidazole rings is 1. The number of carbonyl (C=O) groups is 1. The standard InChI is InChI=1S/C29H30ClN7O2/c1-36-14-29(39,15-36)24-8-19(17-5-6-17)12-37-13-21(34-27(24)37)11-31-25-10-26(33-16-32-25)35-28(38)23-9-22(23)18-3-2-4-20(30)7-18/h2-4,7-8,10,12-13,16-17,22-23,39H,5-6,9,11,14-15H2,1H3,(H2,31,32,33,35,38)/t22-,23+/m1/s1. The van der Waals surface area contributed by atoms with Gasteiger partial charge in [-0.3, -0.25) is 9.69 Å². The summed E-state index contributed by atoms with van der Waals surface area (Å²) in [5.74, 6) is 1.66. The van der Waals surface area contributed by atoms with Crippen molar-refractivity contribution in [3.63, 3.8) is 0 Å². The number of aromatic nitrogens is 4. The summed E-state index contributed by atoms with van der Waals surface area (Å²) in [6.07, 6.45) is 8.78. The Kier molecular flexibility index (Phi) is 5.84. The number of nitrogens with zero attached hydrogens (tertiary/aromatic N) is 5. The molecule has 4 heterocycles. The minimum atomic E-state index is -0.871. The van der Waals surface area contributed by atoms with E-state index in [4.69, 9.17) is 16.6 Å². The number of fused-ring (bicyclic) bond motifs is 1. The van der Waals surface area contributed by atoms with Gasteiger partial charge in [0.25, 0.3) is 0 Å². The molecule has 3 fully saturated rings. The van der Waals surface area contributed by atoms with Crippen LogP contribution in [0.25, 0.3) is 5.65 Å². The summed E-state index contributed by atoms with van der Waals surface area (Å²) in [5, 5.41) is 18.2. The predicted octanol–water partition coefficient (Wildman–Crippen LogP) is 4.14. The Labute approximate surface area is 231 Å². The topological polar surface area (TPSA) is 108 Å². The first-order valence-electron chi connectivity index (χ1n) is 13.4. The number of rotatable bonds is 8. The van der Waals surface area contributed by atoms with E-state index in [0.717, 1.165) is 28.9 Å². The highest BCUT2D eigenvalue weighted by Crippen LogP contribution is 2.48. The highest BCUT2D eigenvalue weighted by molar-refractivity contribution is 6.30. The third-order valence-electron chi connectivity index (χ3n) is 8.01. The number of nitrogens with one attached hydrogen (secondary N) is 2. The minimum Gasteiger partial charge on any atom is -0.382 e. The highest BCUT2D eigenvalue weighted by atomic mass is 35.5. The van der Waals surface area contributed by atoms with Gasteiger partial charge in [-0.1, -0.05) is 23.7 Å². The van der Waals surface area contributed by atoms with Gasteiger partial charge in [0.2, 0.25) is 5.91 Å². The molecule has 2 saturated carbocycles. The quantitative estimate of drug-likeness (QED) is 0.306. The third-order valence-corrected chi connectivity index (χ3v) is 8.24. The highest BCUT2D eigenvalue weighted by Gasteiger charge is 2.44. The number of amides is 1. The number of hydrogen-bond donors (Lipinski definition) is 3. The molecule has 200 valence electrons. The van der Waals surface area contributed by atoms with Crippen molar-refractivity contribution >= 4 is 34.8 Å². The first-order valence-corrected chi connectivity index (χ1v) is 13.8. The number of carbonyl (C=O) groups excluding carboxylic acids is 1. The van der Waals surface area contributed by atoms with Gasteiger partial charge in [-0.25, -0.2) is 15.0 Å². The molecule has 10 heteroatoms. The smallest absolute Gasteiger partial charge is 0.229 e. The van der Waals surface area contributed by atoms with Crippen LogP contribution in [0, 0.1) is 5.92 Å². The Morgan fingerprint density at radius 1 is 1.13 bits per heavy atom. The molecule has 7 rings (SSSR count). The van der Waals surface area contributed by atoms with E-state index < -0.39 is 5.60 Å². The Morgan fingerprint density at radius 2 is 1.95 bits per heavy atom. The van der Waals surface area contributed by atoms with Crippen molar-refractivity contribution in [2.75, 3.05) is 30.8 Å². The van der Waals surface area contributed by atoms with E-state index in [-0.39, 0.29) is 17.7 Å². The summed E-state index contributed by atoms with van der Waals surface area (Å²) in [5.41, 5.74) is 4.02. The van der Waals surface area contributed by atoms with Crippen molar-refractivity contribution in [1.82, 2.24) is 24.3 Å². The first kappa shape index (κ1) is 24.5. The lowest BCUT2D eigenvalue weighted by molar-refractivity contribution is -0.117. The molecular formula is C29H30ClN7O2. The monoisotopic (exact) mass is 543 g/mol. The second-order valence-electron chi connectivity index (χ2n) is 11.3. The summed E-state index contributed by atoms with van der Waals surface area (Å²) in [6.45, 7) is 1.66. The van der Waals surface area contributed by atoms with Crippen LogP contribution in [-0.2, 0) is 16.9 Å². The van der Waals surface area contributed by atoms with Crippen molar-refractivity contribution in [3.8, 4) is 0 Å². The van der Waals surface area contributed by atoms with E-state index in [1.807, 2.05) is 41.9 Å². The van der Waals surface area contributed by atoms with Gasteiger partial charge in [0, 0.05) is 48.1 Å². The molecule has 2 atom stereocenters. The van der Waals surface area contributed by atoms with E-state index in [1.165, 1.54) is 24.7 Å². The molecule has 3 aromatic heterocycles. The SMILES string of the molecule is CN1CC(O)(c2cc(C3CC3)cn3cc(CNc4cc(NC(=O)[C@H]5C[C@@H]5c5cccc(Cl)c5)ncn4)nc23)C1. The summed E-state index contributed by atoms with van der Waals surface area (Å²) in [4.78, 5) is 28.3. The van der Waals surface area contributed by atoms with Crippen LogP contribution >= 0.6 is 11.6 Å². The number of anilines is 2. The summed E-state index contributed by atoms with van der Waals surface area (Å²) in [6, 6.07) is 11.6. The van der Waals surface area contributed by atoms with Gasteiger partial charge in [-0.15, -0.1) is 0 Å². The molecule has 1 saturated heterocycles. The Bertz CT molecular complexity index is 1580. The summed E-state index contributed by atoms with van der Waals surface area (Å²) >= 11 is 6.11. The minimum absolute atomic E-state index is 0.0523. The number of β-amino-alcohol motifs (C(OH)–C–C–N with tert-alkyl or cyclic N) is 1.